The molecule has 170 valence electrons. The van der Waals surface area contributed by atoms with E-state index in [1.807, 2.05) is 48.0 Å². The number of anilines is 2. The van der Waals surface area contributed by atoms with Gasteiger partial charge in [0.1, 0.15) is 6.04 Å². The minimum atomic E-state index is -3.67. The Labute approximate surface area is 195 Å². The molecular formula is C23H23N5O3S2. The lowest BCUT2D eigenvalue weighted by Crippen LogP contribution is -2.60. The zero-order valence-corrected chi connectivity index (χ0v) is 19.5. The normalized spacial score (nSPS) is 15.2. The molecule has 0 spiro atoms. The van der Waals surface area contributed by atoms with E-state index < -0.39 is 10.0 Å². The van der Waals surface area contributed by atoms with E-state index >= 15 is 0 Å². The second-order valence-electron chi connectivity index (χ2n) is 8.00. The molecule has 10 heteroatoms. The number of thiazole rings is 1. The fourth-order valence-electron chi connectivity index (χ4n) is 3.95. The number of hydrogen-bond donors (Lipinski definition) is 2. The fraction of sp³-hybridized carbons (Fsp3) is 0.217. The summed E-state index contributed by atoms with van der Waals surface area (Å²) in [4.78, 5) is 19.0. The van der Waals surface area contributed by atoms with Gasteiger partial charge in [-0.3, -0.25) is 9.52 Å². The van der Waals surface area contributed by atoms with Crippen molar-refractivity contribution in [3.05, 3.63) is 72.4 Å². The minimum Gasteiger partial charge on any atom is -0.367 e. The predicted octanol–water partition coefficient (Wildman–Crippen LogP) is 3.46. The summed E-state index contributed by atoms with van der Waals surface area (Å²) in [6.45, 7) is 3.25. The van der Waals surface area contributed by atoms with E-state index in [2.05, 4.69) is 19.9 Å². The van der Waals surface area contributed by atoms with E-state index in [-0.39, 0.29) is 22.9 Å². The van der Waals surface area contributed by atoms with Gasteiger partial charge in [-0.25, -0.2) is 13.4 Å². The molecule has 5 rings (SSSR count). The Morgan fingerprint density at radius 2 is 1.88 bits per heavy atom. The number of carbonyl (C=O) groups excluding carboxylic acids is 1. The van der Waals surface area contributed by atoms with Gasteiger partial charge in [-0.05, 0) is 48.7 Å². The van der Waals surface area contributed by atoms with Crippen LogP contribution >= 0.6 is 11.3 Å². The van der Waals surface area contributed by atoms with Gasteiger partial charge >= 0.3 is 0 Å². The standard InChI is InChI=1S/C23H23N5O3S2/c1-16(28-12-10-17-4-2-3-5-21(17)28)22(29)25-18-14-27(15-18)19-6-8-20(9-7-19)33(30,31)26-23-24-11-13-32-23/h2-13,16,18H,14-15H2,1H3,(H,24,26)(H,25,29). The highest BCUT2D eigenvalue weighted by molar-refractivity contribution is 7.93. The Morgan fingerprint density at radius 1 is 1.12 bits per heavy atom. The molecule has 3 heterocycles. The van der Waals surface area contributed by atoms with Crippen LogP contribution < -0.4 is 14.9 Å². The third kappa shape index (κ3) is 4.31. The monoisotopic (exact) mass is 481 g/mol. The van der Waals surface area contributed by atoms with E-state index in [0.717, 1.165) is 16.6 Å². The predicted molar refractivity (Wildman–Crippen MR) is 130 cm³/mol. The number of benzene rings is 2. The molecule has 0 aliphatic carbocycles. The Hall–Kier alpha value is -3.37. The van der Waals surface area contributed by atoms with Gasteiger partial charge in [0.25, 0.3) is 10.0 Å². The highest BCUT2D eigenvalue weighted by atomic mass is 32.2. The van der Waals surface area contributed by atoms with Crippen molar-refractivity contribution < 1.29 is 13.2 Å². The van der Waals surface area contributed by atoms with Crippen LogP contribution in [0.25, 0.3) is 10.9 Å². The number of sulfonamides is 1. The maximum absolute atomic E-state index is 12.8. The first-order valence-electron chi connectivity index (χ1n) is 10.5. The molecule has 0 saturated carbocycles. The summed E-state index contributed by atoms with van der Waals surface area (Å²) in [5, 5.41) is 6.27. The number of aromatic nitrogens is 2. The smallest absolute Gasteiger partial charge is 0.263 e. The summed E-state index contributed by atoms with van der Waals surface area (Å²) in [6, 6.07) is 16.5. The summed E-state index contributed by atoms with van der Waals surface area (Å²) in [5.74, 6) is -0.0179. The lowest BCUT2D eigenvalue weighted by atomic mass is 10.1. The molecule has 33 heavy (non-hydrogen) atoms. The lowest BCUT2D eigenvalue weighted by molar-refractivity contribution is -0.124. The fourth-order valence-corrected chi connectivity index (χ4v) is 5.74. The molecule has 0 bridgehead atoms. The van der Waals surface area contributed by atoms with Crippen molar-refractivity contribution in [2.45, 2.75) is 23.9 Å². The van der Waals surface area contributed by atoms with Crippen LogP contribution in [0.5, 0.6) is 0 Å². The van der Waals surface area contributed by atoms with E-state index in [0.29, 0.717) is 18.2 Å². The molecule has 2 N–H and O–H groups in total. The zero-order chi connectivity index (χ0) is 23.0. The van der Waals surface area contributed by atoms with Crippen LogP contribution in [0.2, 0.25) is 0 Å². The number of rotatable bonds is 7. The van der Waals surface area contributed by atoms with E-state index in [1.165, 1.54) is 11.3 Å². The largest absolute Gasteiger partial charge is 0.367 e. The van der Waals surface area contributed by atoms with Gasteiger partial charge in [0.05, 0.1) is 10.9 Å². The van der Waals surface area contributed by atoms with Gasteiger partial charge in [0.15, 0.2) is 5.13 Å². The lowest BCUT2D eigenvalue weighted by Gasteiger charge is -2.41. The second kappa shape index (κ2) is 8.53. The maximum Gasteiger partial charge on any atom is 0.263 e. The zero-order valence-electron chi connectivity index (χ0n) is 17.9. The van der Waals surface area contributed by atoms with Crippen molar-refractivity contribution in [3.8, 4) is 0 Å². The molecule has 1 aliphatic heterocycles. The molecule has 2 aromatic carbocycles. The van der Waals surface area contributed by atoms with Crippen LogP contribution in [0, 0.1) is 0 Å². The molecule has 1 atom stereocenters. The Bertz CT molecular complexity index is 1380. The van der Waals surface area contributed by atoms with Crippen LogP contribution in [0.15, 0.2) is 77.3 Å². The van der Waals surface area contributed by atoms with Crippen molar-refractivity contribution in [1.82, 2.24) is 14.9 Å². The third-order valence-corrected chi connectivity index (χ3v) is 7.99. The van der Waals surface area contributed by atoms with Crippen molar-refractivity contribution in [1.29, 1.82) is 0 Å². The molecule has 1 unspecified atom stereocenters. The third-order valence-electron chi connectivity index (χ3n) is 5.82. The molecular weight excluding hydrogens is 458 g/mol. The van der Waals surface area contributed by atoms with E-state index in [1.54, 1.807) is 35.8 Å². The van der Waals surface area contributed by atoms with Crippen LogP contribution in [-0.4, -0.2) is 43.0 Å². The average molecular weight is 482 g/mol. The van der Waals surface area contributed by atoms with Crippen LogP contribution in [0.3, 0.4) is 0 Å². The Balaban J connectivity index is 1.17. The molecule has 0 radical (unpaired) electrons. The molecule has 1 fully saturated rings. The van der Waals surface area contributed by atoms with Gasteiger partial charge in [-0.15, -0.1) is 11.3 Å². The number of nitrogens with one attached hydrogen (secondary N) is 2. The number of para-hydroxylation sites is 1. The maximum atomic E-state index is 12.8. The number of hydrogen-bond acceptors (Lipinski definition) is 6. The molecule has 2 aromatic heterocycles. The van der Waals surface area contributed by atoms with Crippen LogP contribution in [0.1, 0.15) is 13.0 Å². The summed E-state index contributed by atoms with van der Waals surface area (Å²) in [7, 11) is -3.67. The second-order valence-corrected chi connectivity index (χ2v) is 10.6. The van der Waals surface area contributed by atoms with Crippen molar-refractivity contribution in [2.75, 3.05) is 22.7 Å². The summed E-state index contributed by atoms with van der Waals surface area (Å²) in [5.41, 5.74) is 1.95. The SMILES string of the molecule is CC(C(=O)NC1CN(c2ccc(S(=O)(=O)Nc3nccs3)cc2)C1)n1ccc2ccccc21. The quantitative estimate of drug-likeness (QED) is 0.421. The minimum absolute atomic E-state index is 0.0179. The van der Waals surface area contributed by atoms with Gasteiger partial charge in [0.2, 0.25) is 5.91 Å². The summed E-state index contributed by atoms with van der Waals surface area (Å²) in [6.07, 6.45) is 3.49. The van der Waals surface area contributed by atoms with Crippen LogP contribution in [-0.2, 0) is 14.8 Å². The van der Waals surface area contributed by atoms with Gasteiger partial charge in [0, 0.05) is 42.1 Å². The average Bonchev–Trinajstić information content (AvgIpc) is 3.45. The summed E-state index contributed by atoms with van der Waals surface area (Å²) >= 11 is 1.23. The Morgan fingerprint density at radius 3 is 2.61 bits per heavy atom. The number of carbonyl (C=O) groups is 1. The Kier molecular flexibility index (Phi) is 5.55. The first-order valence-corrected chi connectivity index (χ1v) is 12.9. The highest BCUT2D eigenvalue weighted by Gasteiger charge is 2.30. The molecule has 1 aliphatic rings. The number of nitrogens with zero attached hydrogens (tertiary/aromatic N) is 3. The first kappa shape index (κ1) is 21.5. The topological polar surface area (TPSA) is 96.3 Å². The van der Waals surface area contributed by atoms with Crippen molar-refractivity contribution >= 4 is 49.0 Å². The van der Waals surface area contributed by atoms with Crippen LogP contribution in [0.4, 0.5) is 10.8 Å². The molecule has 1 saturated heterocycles. The van der Waals surface area contributed by atoms with E-state index in [4.69, 9.17) is 0 Å². The number of fused-ring (bicyclic) bond motifs is 1. The molecule has 1 amide bonds. The van der Waals surface area contributed by atoms with E-state index in [9.17, 15) is 13.2 Å². The molecule has 4 aromatic rings. The summed E-state index contributed by atoms with van der Waals surface area (Å²) < 4.78 is 29.4. The number of amides is 1. The highest BCUT2D eigenvalue weighted by Crippen LogP contribution is 2.25. The first-order chi connectivity index (χ1) is 15.9. The van der Waals surface area contributed by atoms with Gasteiger partial charge in [-0.2, -0.15) is 0 Å². The van der Waals surface area contributed by atoms with Gasteiger partial charge in [-0.1, -0.05) is 18.2 Å². The van der Waals surface area contributed by atoms with Crippen molar-refractivity contribution in [3.63, 3.8) is 0 Å². The molecule has 8 nitrogen and oxygen atoms in total. The van der Waals surface area contributed by atoms with Gasteiger partial charge < -0.3 is 14.8 Å². The van der Waals surface area contributed by atoms with Crippen molar-refractivity contribution in [2.24, 2.45) is 0 Å².